The maximum absolute atomic E-state index is 14.8. The van der Waals surface area contributed by atoms with Gasteiger partial charge in [0.05, 0.1) is 11.2 Å². The highest BCUT2D eigenvalue weighted by Crippen LogP contribution is 2.41. The molecule has 0 amide bonds. The van der Waals surface area contributed by atoms with E-state index in [0.29, 0.717) is 15.9 Å². The Labute approximate surface area is 154 Å². The number of anilines is 1. The second kappa shape index (κ2) is 5.50. The molecule has 8 heteroatoms. The van der Waals surface area contributed by atoms with Crippen molar-refractivity contribution in [1.29, 1.82) is 0 Å². The molecule has 5 rings (SSSR count). The van der Waals surface area contributed by atoms with Crippen LogP contribution >= 0.6 is 11.5 Å². The summed E-state index contributed by atoms with van der Waals surface area (Å²) in [5, 5.41) is 0.229. The number of benzene rings is 2. The molecule has 136 valence electrons. The first-order valence-corrected chi connectivity index (χ1v) is 9.21. The second-order valence-electron chi connectivity index (χ2n) is 6.73. The fourth-order valence-electron chi connectivity index (χ4n) is 3.48. The van der Waals surface area contributed by atoms with Crippen molar-refractivity contribution in [2.24, 2.45) is 0 Å². The standard InChI is InChI=1S/C19H13F2N3O2S/c20-12-4-1-8(5-14(12)22)10-7-15-11(6-13(10)21)17(25)16-18(26)23-27-19(16)24(15)9-2-3-9/h1,4-7,9H,2-3,22H2,(H,23,26). The van der Waals surface area contributed by atoms with Gasteiger partial charge in [-0.2, -0.15) is 0 Å². The van der Waals surface area contributed by atoms with Gasteiger partial charge in [0.25, 0.3) is 5.56 Å². The van der Waals surface area contributed by atoms with E-state index in [9.17, 15) is 18.4 Å². The highest BCUT2D eigenvalue weighted by Gasteiger charge is 2.29. The van der Waals surface area contributed by atoms with Crippen LogP contribution in [-0.2, 0) is 0 Å². The predicted octanol–water partition coefficient (Wildman–Crippen LogP) is 3.77. The van der Waals surface area contributed by atoms with E-state index in [1.807, 2.05) is 4.57 Å². The van der Waals surface area contributed by atoms with Crippen LogP contribution in [0.2, 0.25) is 0 Å². The summed E-state index contributed by atoms with van der Waals surface area (Å²) in [6.07, 6.45) is 1.85. The van der Waals surface area contributed by atoms with E-state index in [2.05, 4.69) is 4.37 Å². The molecule has 4 aromatic rings. The molecule has 3 N–H and O–H groups in total. The number of fused-ring (bicyclic) bond motifs is 2. The molecule has 2 heterocycles. The molecular weight excluding hydrogens is 372 g/mol. The summed E-state index contributed by atoms with van der Waals surface area (Å²) < 4.78 is 32.8. The summed E-state index contributed by atoms with van der Waals surface area (Å²) in [4.78, 5) is 25.4. The number of aromatic amines is 1. The van der Waals surface area contributed by atoms with Crippen molar-refractivity contribution >= 4 is 38.3 Å². The van der Waals surface area contributed by atoms with E-state index < -0.39 is 22.6 Å². The number of nitrogens with one attached hydrogen (secondary N) is 1. The van der Waals surface area contributed by atoms with Crippen LogP contribution < -0.4 is 16.7 Å². The van der Waals surface area contributed by atoms with Gasteiger partial charge in [-0.3, -0.25) is 14.0 Å². The largest absolute Gasteiger partial charge is 0.396 e. The SMILES string of the molecule is Nc1cc(-c2cc3c(cc2F)c(=O)c2c(=O)[nH]sc2n3C2CC2)ccc1F. The fraction of sp³-hybridized carbons (Fsp3) is 0.158. The molecule has 1 fully saturated rings. The molecule has 0 bridgehead atoms. The molecule has 0 unspecified atom stereocenters. The van der Waals surface area contributed by atoms with Crippen molar-refractivity contribution < 1.29 is 8.78 Å². The van der Waals surface area contributed by atoms with Crippen molar-refractivity contribution in [3.05, 3.63) is 62.5 Å². The molecule has 2 aromatic heterocycles. The molecule has 0 radical (unpaired) electrons. The number of rotatable bonds is 2. The minimum Gasteiger partial charge on any atom is -0.396 e. The first-order valence-electron chi connectivity index (χ1n) is 8.40. The summed E-state index contributed by atoms with van der Waals surface area (Å²) in [5.74, 6) is -1.20. The van der Waals surface area contributed by atoms with Crippen LogP contribution in [0.1, 0.15) is 18.9 Å². The van der Waals surface area contributed by atoms with Crippen molar-refractivity contribution in [2.45, 2.75) is 18.9 Å². The van der Waals surface area contributed by atoms with Crippen LogP contribution in [0, 0.1) is 11.6 Å². The third-order valence-corrected chi connectivity index (χ3v) is 5.82. The summed E-state index contributed by atoms with van der Waals surface area (Å²) in [5.41, 5.74) is 5.82. The Morgan fingerprint density at radius 3 is 2.59 bits per heavy atom. The number of nitrogens with zero attached hydrogens (tertiary/aromatic N) is 1. The summed E-state index contributed by atoms with van der Waals surface area (Å²) in [7, 11) is 0. The maximum Gasteiger partial charge on any atom is 0.271 e. The molecule has 2 aromatic carbocycles. The van der Waals surface area contributed by atoms with Gasteiger partial charge in [-0.05, 0) is 54.2 Å². The Morgan fingerprint density at radius 2 is 1.89 bits per heavy atom. The number of nitrogen functional groups attached to an aromatic ring is 1. The van der Waals surface area contributed by atoms with Gasteiger partial charge in [0, 0.05) is 17.0 Å². The lowest BCUT2D eigenvalue weighted by Crippen LogP contribution is -2.15. The van der Waals surface area contributed by atoms with E-state index in [0.717, 1.165) is 30.4 Å². The van der Waals surface area contributed by atoms with E-state index >= 15 is 0 Å². The van der Waals surface area contributed by atoms with Crippen LogP contribution in [0.25, 0.3) is 32.2 Å². The van der Waals surface area contributed by atoms with E-state index in [1.54, 1.807) is 6.07 Å². The Morgan fingerprint density at radius 1 is 1.11 bits per heavy atom. The first-order chi connectivity index (χ1) is 13.0. The summed E-state index contributed by atoms with van der Waals surface area (Å²) >= 11 is 1.11. The smallest absolute Gasteiger partial charge is 0.271 e. The first kappa shape index (κ1) is 16.2. The number of halogens is 2. The van der Waals surface area contributed by atoms with E-state index in [1.165, 1.54) is 18.2 Å². The van der Waals surface area contributed by atoms with E-state index in [4.69, 9.17) is 5.73 Å². The molecule has 1 aliphatic rings. The van der Waals surface area contributed by atoms with Crippen molar-refractivity contribution in [1.82, 2.24) is 8.94 Å². The molecule has 1 aliphatic carbocycles. The van der Waals surface area contributed by atoms with Crippen LogP contribution in [-0.4, -0.2) is 8.94 Å². The average Bonchev–Trinajstić information content (AvgIpc) is 3.40. The lowest BCUT2D eigenvalue weighted by molar-refractivity contribution is 0.629. The topological polar surface area (TPSA) is 80.9 Å². The zero-order chi connectivity index (χ0) is 18.9. The van der Waals surface area contributed by atoms with Gasteiger partial charge < -0.3 is 10.3 Å². The highest BCUT2D eigenvalue weighted by molar-refractivity contribution is 7.12. The van der Waals surface area contributed by atoms with Gasteiger partial charge in [0.2, 0.25) is 5.43 Å². The molecule has 27 heavy (non-hydrogen) atoms. The zero-order valence-corrected chi connectivity index (χ0v) is 14.7. The van der Waals surface area contributed by atoms with Gasteiger partial charge in [0.1, 0.15) is 21.9 Å². The normalized spacial score (nSPS) is 14.3. The predicted molar refractivity (Wildman–Crippen MR) is 102 cm³/mol. The average molecular weight is 385 g/mol. The number of nitrogens with two attached hydrogens (primary N) is 1. The summed E-state index contributed by atoms with van der Waals surface area (Å²) in [6, 6.07) is 6.90. The number of hydrogen-bond acceptors (Lipinski definition) is 4. The number of pyridine rings is 1. The maximum atomic E-state index is 14.8. The monoisotopic (exact) mass is 385 g/mol. The second-order valence-corrected chi connectivity index (χ2v) is 7.52. The molecular formula is C19H13F2N3O2S. The quantitative estimate of drug-likeness (QED) is 0.516. The van der Waals surface area contributed by atoms with Crippen LogP contribution in [0.4, 0.5) is 14.5 Å². The molecule has 0 aliphatic heterocycles. The summed E-state index contributed by atoms with van der Waals surface area (Å²) in [6.45, 7) is 0. The third-order valence-electron chi connectivity index (χ3n) is 4.94. The minimum atomic E-state index is -0.626. The van der Waals surface area contributed by atoms with Gasteiger partial charge in [-0.1, -0.05) is 6.07 Å². The Bertz CT molecular complexity index is 1370. The van der Waals surface area contributed by atoms with Crippen LogP contribution in [0.5, 0.6) is 0 Å². The minimum absolute atomic E-state index is 0.0672. The molecule has 0 saturated heterocycles. The Hall–Kier alpha value is -3.00. The van der Waals surface area contributed by atoms with E-state index in [-0.39, 0.29) is 28.1 Å². The fourth-order valence-corrected chi connectivity index (χ4v) is 4.40. The van der Waals surface area contributed by atoms with Gasteiger partial charge >= 0.3 is 0 Å². The lowest BCUT2D eigenvalue weighted by atomic mass is 10.0. The Balaban J connectivity index is 1.91. The molecule has 0 spiro atoms. The lowest BCUT2D eigenvalue weighted by Gasteiger charge is -2.14. The van der Waals surface area contributed by atoms with Gasteiger partial charge in [-0.25, -0.2) is 8.78 Å². The number of aromatic nitrogens is 2. The third kappa shape index (κ3) is 2.33. The van der Waals surface area contributed by atoms with Crippen molar-refractivity contribution in [2.75, 3.05) is 5.73 Å². The van der Waals surface area contributed by atoms with Crippen molar-refractivity contribution in [3.63, 3.8) is 0 Å². The van der Waals surface area contributed by atoms with Crippen molar-refractivity contribution in [3.8, 4) is 11.1 Å². The van der Waals surface area contributed by atoms with Gasteiger partial charge in [-0.15, -0.1) is 0 Å². The van der Waals surface area contributed by atoms with Crippen LogP contribution in [0.15, 0.2) is 39.9 Å². The Kier molecular flexibility index (Phi) is 3.30. The highest BCUT2D eigenvalue weighted by atomic mass is 32.1. The number of H-pyrrole nitrogens is 1. The number of hydrogen-bond donors (Lipinski definition) is 2. The molecule has 5 nitrogen and oxygen atoms in total. The molecule has 0 atom stereocenters. The molecule has 1 saturated carbocycles. The van der Waals surface area contributed by atoms with Crippen LogP contribution in [0.3, 0.4) is 0 Å². The zero-order valence-electron chi connectivity index (χ0n) is 13.9. The van der Waals surface area contributed by atoms with Gasteiger partial charge in [0.15, 0.2) is 0 Å².